The average Bonchev–Trinajstić information content (AvgIpc) is 2.76. The molecule has 0 radical (unpaired) electrons. The van der Waals surface area contributed by atoms with Gasteiger partial charge in [-0.25, -0.2) is 4.79 Å². The van der Waals surface area contributed by atoms with Crippen LogP contribution in [0.25, 0.3) is 0 Å². The van der Waals surface area contributed by atoms with Crippen molar-refractivity contribution in [3.8, 4) is 5.75 Å². The number of hydrogen-bond donors (Lipinski definition) is 3. The average molecular weight is 440 g/mol. The van der Waals surface area contributed by atoms with Crippen LogP contribution in [0.1, 0.15) is 67.5 Å². The minimum absolute atomic E-state index is 0.202. The van der Waals surface area contributed by atoms with Gasteiger partial charge in [0.1, 0.15) is 5.75 Å². The molecule has 1 aromatic heterocycles. The van der Waals surface area contributed by atoms with E-state index in [4.69, 9.17) is 9.47 Å². The van der Waals surface area contributed by atoms with E-state index in [1.54, 1.807) is 7.11 Å². The van der Waals surface area contributed by atoms with Crippen molar-refractivity contribution in [3.63, 3.8) is 0 Å². The zero-order valence-electron chi connectivity index (χ0n) is 19.3. The predicted octanol–water partition coefficient (Wildman–Crippen LogP) is 4.20. The van der Waals surface area contributed by atoms with Crippen molar-refractivity contribution in [1.82, 2.24) is 10.3 Å². The third-order valence-corrected chi connectivity index (χ3v) is 6.63. The Bertz CT molecular complexity index is 985. The van der Waals surface area contributed by atoms with E-state index in [1.807, 2.05) is 37.4 Å². The number of pyridine rings is 1. The highest BCUT2D eigenvalue weighted by Gasteiger charge is 2.39. The number of aromatic nitrogens is 1. The van der Waals surface area contributed by atoms with E-state index >= 15 is 0 Å². The smallest absolute Gasteiger partial charge is 0.319 e. The van der Waals surface area contributed by atoms with Gasteiger partial charge < -0.3 is 25.2 Å². The second kappa shape index (κ2) is 9.08. The summed E-state index contributed by atoms with van der Waals surface area (Å²) in [7, 11) is 1.61. The number of aliphatic hydroxyl groups is 1. The molecule has 1 aliphatic heterocycles. The van der Waals surface area contributed by atoms with Crippen molar-refractivity contribution in [2.45, 2.75) is 63.5 Å². The monoisotopic (exact) mass is 439 g/mol. The van der Waals surface area contributed by atoms with E-state index in [2.05, 4.69) is 29.5 Å². The van der Waals surface area contributed by atoms with Crippen molar-refractivity contribution in [3.05, 3.63) is 52.8 Å². The molecule has 2 aliphatic rings. The second-order valence-corrected chi connectivity index (χ2v) is 9.52. The number of nitrogens with zero attached hydrogens (tertiary/aromatic N) is 1. The van der Waals surface area contributed by atoms with Crippen molar-refractivity contribution in [2.24, 2.45) is 0 Å². The number of rotatable bonds is 4. The number of benzene rings is 1. The number of nitrogens with one attached hydrogen (secondary N) is 2. The molecule has 0 bridgehead atoms. The number of anilines is 1. The summed E-state index contributed by atoms with van der Waals surface area (Å²) in [4.78, 5) is 17.7. The maximum atomic E-state index is 13.1. The topological polar surface area (TPSA) is 92.7 Å². The highest BCUT2D eigenvalue weighted by atomic mass is 16.5. The maximum Gasteiger partial charge on any atom is 0.319 e. The van der Waals surface area contributed by atoms with Gasteiger partial charge in [-0.2, -0.15) is 0 Å². The standard InChI is InChI=1S/C25H33N3O4/c1-15-11-20(22(26-14-15)16-7-9-32-10-8-16)27-24(30)28-23-18-12-17(31-4)5-6-19(18)25(2,3)13-21(23)29/h5-6,11-12,14,16,21,23,29H,7-10,13H2,1-4H3,(H2,27,28,30)/t21-,23-/m1/s1. The first-order valence-corrected chi connectivity index (χ1v) is 11.3. The van der Waals surface area contributed by atoms with Gasteiger partial charge in [-0.15, -0.1) is 0 Å². The van der Waals surface area contributed by atoms with Crippen LogP contribution in [-0.4, -0.2) is 42.5 Å². The van der Waals surface area contributed by atoms with Crippen LogP contribution in [0.2, 0.25) is 0 Å². The van der Waals surface area contributed by atoms with Crippen LogP contribution in [-0.2, 0) is 10.2 Å². The molecule has 172 valence electrons. The highest BCUT2D eigenvalue weighted by molar-refractivity contribution is 5.90. The SMILES string of the molecule is COc1ccc2c(c1)[C@@H](NC(=O)Nc1cc(C)cnc1C1CCOCC1)[C@H](O)CC2(C)C. The molecule has 1 saturated heterocycles. The normalized spacial score (nSPS) is 22.7. The minimum Gasteiger partial charge on any atom is -0.497 e. The van der Waals surface area contributed by atoms with Gasteiger partial charge in [0.05, 0.1) is 30.6 Å². The molecule has 1 fully saturated rings. The third-order valence-electron chi connectivity index (χ3n) is 6.63. The van der Waals surface area contributed by atoms with Gasteiger partial charge in [0.25, 0.3) is 0 Å². The van der Waals surface area contributed by atoms with Gasteiger partial charge in [0.2, 0.25) is 0 Å². The number of aryl methyl sites for hydroxylation is 1. The molecule has 7 nitrogen and oxygen atoms in total. The summed E-state index contributed by atoms with van der Waals surface area (Å²) in [6, 6.07) is 6.93. The fourth-order valence-corrected chi connectivity index (χ4v) is 4.95. The molecule has 0 saturated carbocycles. The summed E-state index contributed by atoms with van der Waals surface area (Å²) in [5.74, 6) is 0.955. The largest absolute Gasteiger partial charge is 0.497 e. The van der Waals surface area contributed by atoms with Crippen LogP contribution in [0.5, 0.6) is 5.75 Å². The van der Waals surface area contributed by atoms with E-state index in [0.29, 0.717) is 31.1 Å². The zero-order chi connectivity index (χ0) is 22.9. The van der Waals surface area contributed by atoms with E-state index in [0.717, 1.165) is 35.2 Å². The molecule has 2 heterocycles. The summed E-state index contributed by atoms with van der Waals surface area (Å²) in [6.07, 6.45) is 3.45. The molecule has 3 N–H and O–H groups in total. The number of aliphatic hydroxyl groups excluding tert-OH is 1. The summed E-state index contributed by atoms with van der Waals surface area (Å²) < 4.78 is 10.9. The molecular weight excluding hydrogens is 406 g/mol. The van der Waals surface area contributed by atoms with Crippen molar-refractivity contribution in [2.75, 3.05) is 25.6 Å². The van der Waals surface area contributed by atoms with Crippen LogP contribution in [0.3, 0.4) is 0 Å². The number of carbonyl (C=O) groups is 1. The number of hydrogen-bond acceptors (Lipinski definition) is 5. The number of amides is 2. The number of urea groups is 1. The molecular formula is C25H33N3O4. The van der Waals surface area contributed by atoms with Crippen molar-refractivity contribution in [1.29, 1.82) is 0 Å². The Hall–Kier alpha value is -2.64. The number of carbonyl (C=O) groups excluding carboxylic acids is 1. The Morgan fingerprint density at radius 1 is 1.25 bits per heavy atom. The molecule has 2 amide bonds. The molecule has 1 aliphatic carbocycles. The third kappa shape index (κ3) is 4.59. The van der Waals surface area contributed by atoms with Crippen LogP contribution < -0.4 is 15.4 Å². The van der Waals surface area contributed by atoms with Crippen LogP contribution in [0.15, 0.2) is 30.5 Å². The Kier molecular flexibility index (Phi) is 6.40. The van der Waals surface area contributed by atoms with Crippen molar-refractivity contribution >= 4 is 11.7 Å². The highest BCUT2D eigenvalue weighted by Crippen LogP contribution is 2.43. The zero-order valence-corrected chi connectivity index (χ0v) is 19.3. The quantitative estimate of drug-likeness (QED) is 0.664. The van der Waals surface area contributed by atoms with E-state index < -0.39 is 12.1 Å². The lowest BCUT2D eigenvalue weighted by molar-refractivity contribution is 0.0845. The van der Waals surface area contributed by atoms with Gasteiger partial charge in [-0.3, -0.25) is 4.98 Å². The first-order chi connectivity index (χ1) is 15.3. The summed E-state index contributed by atoms with van der Waals surface area (Å²) in [6.45, 7) is 7.58. The van der Waals surface area contributed by atoms with Gasteiger partial charge in [-0.1, -0.05) is 19.9 Å². The molecule has 32 heavy (non-hydrogen) atoms. The predicted molar refractivity (Wildman–Crippen MR) is 123 cm³/mol. The van der Waals surface area contributed by atoms with Gasteiger partial charge in [0.15, 0.2) is 0 Å². The van der Waals surface area contributed by atoms with E-state index in [9.17, 15) is 9.90 Å². The molecule has 7 heteroatoms. The van der Waals surface area contributed by atoms with Gasteiger partial charge in [0, 0.05) is 25.3 Å². The number of ether oxygens (including phenoxy) is 2. The summed E-state index contributed by atoms with van der Waals surface area (Å²) in [5, 5.41) is 16.9. The number of fused-ring (bicyclic) bond motifs is 1. The molecule has 2 atom stereocenters. The Labute approximate surface area is 189 Å². The maximum absolute atomic E-state index is 13.1. The summed E-state index contributed by atoms with van der Waals surface area (Å²) >= 11 is 0. The molecule has 2 aromatic rings. The lowest BCUT2D eigenvalue weighted by Gasteiger charge is -2.40. The van der Waals surface area contributed by atoms with Crippen LogP contribution in [0, 0.1) is 6.92 Å². The van der Waals surface area contributed by atoms with Gasteiger partial charge >= 0.3 is 6.03 Å². The van der Waals surface area contributed by atoms with Crippen LogP contribution in [0.4, 0.5) is 10.5 Å². The second-order valence-electron chi connectivity index (χ2n) is 9.52. The van der Waals surface area contributed by atoms with Crippen molar-refractivity contribution < 1.29 is 19.4 Å². The van der Waals surface area contributed by atoms with E-state index in [1.165, 1.54) is 0 Å². The molecule has 0 unspecified atom stereocenters. The Balaban J connectivity index is 1.58. The van der Waals surface area contributed by atoms with Gasteiger partial charge in [-0.05, 0) is 66.5 Å². The van der Waals surface area contributed by atoms with Crippen LogP contribution >= 0.6 is 0 Å². The first kappa shape index (κ1) is 22.6. The number of methoxy groups -OCH3 is 1. The summed E-state index contributed by atoms with van der Waals surface area (Å²) in [5.41, 5.74) is 4.37. The molecule has 0 spiro atoms. The first-order valence-electron chi connectivity index (χ1n) is 11.3. The molecule has 4 rings (SSSR count). The molecule has 1 aromatic carbocycles. The Morgan fingerprint density at radius 2 is 2.00 bits per heavy atom. The fourth-order valence-electron chi connectivity index (χ4n) is 4.95. The van der Waals surface area contributed by atoms with E-state index in [-0.39, 0.29) is 17.4 Å². The fraction of sp³-hybridized carbons (Fsp3) is 0.520. The lowest BCUT2D eigenvalue weighted by atomic mass is 9.69. The Morgan fingerprint density at radius 3 is 2.72 bits per heavy atom. The minimum atomic E-state index is -0.707. The lowest BCUT2D eigenvalue weighted by Crippen LogP contribution is -2.45.